The van der Waals surface area contributed by atoms with Gasteiger partial charge in [-0.3, -0.25) is 4.68 Å². The van der Waals surface area contributed by atoms with Crippen LogP contribution in [0.5, 0.6) is 0 Å². The average Bonchev–Trinajstić information content (AvgIpc) is 2.63. The fourth-order valence-electron chi connectivity index (χ4n) is 2.18. The van der Waals surface area contributed by atoms with Crippen LogP contribution < -0.4 is 0 Å². The van der Waals surface area contributed by atoms with E-state index in [2.05, 4.69) is 21.0 Å². The van der Waals surface area contributed by atoms with Crippen LogP contribution in [-0.2, 0) is 16.6 Å². The van der Waals surface area contributed by atoms with E-state index in [4.69, 9.17) is 0 Å². The van der Waals surface area contributed by atoms with Crippen LogP contribution >= 0.6 is 15.9 Å². The number of hydrogen-bond acceptors (Lipinski definition) is 3. The molecule has 1 unspecified atom stereocenters. The molecule has 17 heavy (non-hydrogen) atoms. The molecule has 0 aromatic carbocycles. The van der Waals surface area contributed by atoms with E-state index < -0.39 is 10.0 Å². The highest BCUT2D eigenvalue weighted by molar-refractivity contribution is 9.10. The summed E-state index contributed by atoms with van der Waals surface area (Å²) in [5, 5.41) is 4.20. The Bertz CT molecular complexity index is 485. The molecule has 0 amide bonds. The fourth-order valence-corrected chi connectivity index (χ4v) is 3.45. The molecule has 1 aliphatic rings. The van der Waals surface area contributed by atoms with Crippen molar-refractivity contribution in [3.8, 4) is 0 Å². The molecule has 1 aromatic rings. The summed E-state index contributed by atoms with van der Waals surface area (Å²) in [5.74, 6) is 0.352. The number of piperidine rings is 1. The van der Waals surface area contributed by atoms with Crippen molar-refractivity contribution in [2.24, 2.45) is 5.92 Å². The van der Waals surface area contributed by atoms with E-state index in [1.54, 1.807) is 10.5 Å². The van der Waals surface area contributed by atoms with Crippen molar-refractivity contribution in [3.63, 3.8) is 0 Å². The van der Waals surface area contributed by atoms with Gasteiger partial charge in [0.2, 0.25) is 10.0 Å². The Hall–Kier alpha value is -0.400. The highest BCUT2D eigenvalue weighted by Gasteiger charge is 2.26. The maximum Gasteiger partial charge on any atom is 0.211 e. The van der Waals surface area contributed by atoms with Crippen LogP contribution in [0.4, 0.5) is 0 Å². The lowest BCUT2D eigenvalue weighted by molar-refractivity contribution is 0.240. The Balaban J connectivity index is 1.98. The van der Waals surface area contributed by atoms with E-state index >= 15 is 0 Å². The zero-order chi connectivity index (χ0) is 12.5. The standard InChI is InChI=1S/C10H16BrN3O2S/c1-17(15,16)14-4-2-3-9(7-14)6-13-8-10(11)5-12-13/h5,8-9H,2-4,6-7H2,1H3. The van der Waals surface area contributed by atoms with Gasteiger partial charge in [0.15, 0.2) is 0 Å². The van der Waals surface area contributed by atoms with Crippen molar-refractivity contribution in [1.29, 1.82) is 0 Å². The average molecular weight is 322 g/mol. The Morgan fingerprint density at radius 2 is 2.35 bits per heavy atom. The Morgan fingerprint density at radius 3 is 2.94 bits per heavy atom. The highest BCUT2D eigenvalue weighted by Crippen LogP contribution is 2.20. The van der Waals surface area contributed by atoms with Gasteiger partial charge in [-0.1, -0.05) is 0 Å². The van der Waals surface area contributed by atoms with Crippen molar-refractivity contribution in [2.45, 2.75) is 19.4 Å². The van der Waals surface area contributed by atoms with Crippen molar-refractivity contribution in [1.82, 2.24) is 14.1 Å². The summed E-state index contributed by atoms with van der Waals surface area (Å²) in [4.78, 5) is 0. The summed E-state index contributed by atoms with van der Waals surface area (Å²) in [5.41, 5.74) is 0. The molecule has 7 heteroatoms. The van der Waals surface area contributed by atoms with Gasteiger partial charge in [-0.15, -0.1) is 0 Å². The minimum atomic E-state index is -3.05. The second-order valence-corrected chi connectivity index (χ2v) is 7.41. The zero-order valence-electron chi connectivity index (χ0n) is 9.71. The summed E-state index contributed by atoms with van der Waals surface area (Å²) >= 11 is 3.35. The molecule has 0 bridgehead atoms. The molecule has 0 spiro atoms. The predicted octanol–water partition coefficient (Wildman–Crippen LogP) is 1.32. The lowest BCUT2D eigenvalue weighted by Crippen LogP contribution is -2.40. The van der Waals surface area contributed by atoms with E-state index in [0.29, 0.717) is 19.0 Å². The SMILES string of the molecule is CS(=O)(=O)N1CCCC(Cn2cc(Br)cn2)C1. The topological polar surface area (TPSA) is 55.2 Å². The molecule has 0 radical (unpaired) electrons. The Labute approximate surface area is 110 Å². The molecule has 2 heterocycles. The van der Waals surface area contributed by atoms with E-state index in [1.807, 2.05) is 10.9 Å². The van der Waals surface area contributed by atoms with E-state index in [-0.39, 0.29) is 0 Å². The van der Waals surface area contributed by atoms with E-state index in [1.165, 1.54) is 6.26 Å². The van der Waals surface area contributed by atoms with Crippen molar-refractivity contribution in [3.05, 3.63) is 16.9 Å². The Morgan fingerprint density at radius 1 is 1.59 bits per heavy atom. The molecule has 0 N–H and O–H groups in total. The number of halogens is 1. The van der Waals surface area contributed by atoms with Crippen molar-refractivity contribution in [2.75, 3.05) is 19.3 Å². The first-order valence-corrected chi connectivity index (χ1v) is 8.22. The maximum atomic E-state index is 11.5. The third-order valence-corrected chi connectivity index (χ3v) is 4.68. The lowest BCUT2D eigenvalue weighted by Gasteiger charge is -2.30. The van der Waals surface area contributed by atoms with Crippen LogP contribution in [0, 0.1) is 5.92 Å². The minimum absolute atomic E-state index is 0.352. The van der Waals surface area contributed by atoms with Crippen LogP contribution in [-0.4, -0.2) is 41.8 Å². The molecule has 1 fully saturated rings. The van der Waals surface area contributed by atoms with Crippen LogP contribution in [0.15, 0.2) is 16.9 Å². The predicted molar refractivity (Wildman–Crippen MR) is 69.1 cm³/mol. The second-order valence-electron chi connectivity index (χ2n) is 4.51. The van der Waals surface area contributed by atoms with Crippen molar-refractivity contribution >= 4 is 26.0 Å². The summed E-state index contributed by atoms with van der Waals surface area (Å²) in [6.45, 7) is 2.03. The van der Waals surface area contributed by atoms with Gasteiger partial charge in [-0.25, -0.2) is 12.7 Å². The largest absolute Gasteiger partial charge is 0.271 e. The summed E-state index contributed by atoms with van der Waals surface area (Å²) in [6, 6.07) is 0. The van der Waals surface area contributed by atoms with Gasteiger partial charge in [-0.2, -0.15) is 5.10 Å². The van der Waals surface area contributed by atoms with Crippen LogP contribution in [0.2, 0.25) is 0 Å². The summed E-state index contributed by atoms with van der Waals surface area (Å²) < 4.78 is 27.4. The first-order chi connectivity index (χ1) is 7.95. The minimum Gasteiger partial charge on any atom is -0.271 e. The molecule has 0 aliphatic carbocycles. The smallest absolute Gasteiger partial charge is 0.211 e. The molecule has 1 aromatic heterocycles. The van der Waals surface area contributed by atoms with E-state index in [0.717, 1.165) is 23.9 Å². The molecule has 1 saturated heterocycles. The van der Waals surface area contributed by atoms with Crippen molar-refractivity contribution < 1.29 is 8.42 Å². The normalized spacial score (nSPS) is 22.8. The first kappa shape index (κ1) is 13.0. The quantitative estimate of drug-likeness (QED) is 0.843. The first-order valence-electron chi connectivity index (χ1n) is 5.58. The second kappa shape index (κ2) is 5.07. The molecule has 2 rings (SSSR count). The number of rotatable bonds is 3. The van der Waals surface area contributed by atoms with Gasteiger partial charge in [-0.05, 0) is 34.7 Å². The van der Waals surface area contributed by atoms with Gasteiger partial charge in [0.05, 0.1) is 16.9 Å². The van der Waals surface area contributed by atoms with Gasteiger partial charge < -0.3 is 0 Å². The monoisotopic (exact) mass is 321 g/mol. The van der Waals surface area contributed by atoms with Gasteiger partial charge in [0.1, 0.15) is 0 Å². The van der Waals surface area contributed by atoms with Crippen LogP contribution in [0.25, 0.3) is 0 Å². The van der Waals surface area contributed by atoms with Crippen LogP contribution in [0.1, 0.15) is 12.8 Å². The molecular weight excluding hydrogens is 306 g/mol. The third-order valence-electron chi connectivity index (χ3n) is 3.00. The summed E-state index contributed by atoms with van der Waals surface area (Å²) in [7, 11) is -3.05. The molecule has 1 atom stereocenters. The molecule has 0 saturated carbocycles. The van der Waals surface area contributed by atoms with E-state index in [9.17, 15) is 8.42 Å². The molecular formula is C10H16BrN3O2S. The fraction of sp³-hybridized carbons (Fsp3) is 0.700. The molecule has 96 valence electrons. The van der Waals surface area contributed by atoms with Gasteiger partial charge in [0.25, 0.3) is 0 Å². The van der Waals surface area contributed by atoms with Gasteiger partial charge in [0, 0.05) is 25.8 Å². The zero-order valence-corrected chi connectivity index (χ0v) is 12.1. The van der Waals surface area contributed by atoms with Gasteiger partial charge >= 0.3 is 0 Å². The number of hydrogen-bond donors (Lipinski definition) is 0. The summed E-state index contributed by atoms with van der Waals surface area (Å²) in [6.07, 6.45) is 6.93. The van der Waals surface area contributed by atoms with Crippen LogP contribution in [0.3, 0.4) is 0 Å². The Kier molecular flexibility index (Phi) is 3.89. The lowest BCUT2D eigenvalue weighted by atomic mass is 10.00. The maximum absolute atomic E-state index is 11.5. The third kappa shape index (κ3) is 3.53. The number of sulfonamides is 1. The number of nitrogens with zero attached hydrogens (tertiary/aromatic N) is 3. The molecule has 5 nitrogen and oxygen atoms in total. The molecule has 1 aliphatic heterocycles. The number of aromatic nitrogens is 2. The highest BCUT2D eigenvalue weighted by atomic mass is 79.9.